The van der Waals surface area contributed by atoms with Crippen LogP contribution in [-0.2, 0) is 4.79 Å². The van der Waals surface area contributed by atoms with E-state index in [-0.39, 0.29) is 11.9 Å². The van der Waals surface area contributed by atoms with Gasteiger partial charge in [-0.2, -0.15) is 0 Å². The number of hydrogen-bond donors (Lipinski definition) is 1. The SMILES string of the molecule is CSc1ccc(N2CCCC(NC(C)C)C2=O)cc1. The van der Waals surface area contributed by atoms with Gasteiger partial charge in [0, 0.05) is 23.2 Å². The summed E-state index contributed by atoms with van der Waals surface area (Å²) in [5.41, 5.74) is 1.01. The molecule has 1 aromatic carbocycles. The van der Waals surface area contributed by atoms with Crippen LogP contribution in [0.2, 0.25) is 0 Å². The quantitative estimate of drug-likeness (QED) is 0.860. The van der Waals surface area contributed by atoms with Gasteiger partial charge in [0.25, 0.3) is 0 Å². The van der Waals surface area contributed by atoms with E-state index >= 15 is 0 Å². The predicted molar refractivity (Wildman–Crippen MR) is 81.9 cm³/mol. The van der Waals surface area contributed by atoms with E-state index in [0.29, 0.717) is 6.04 Å². The molecule has 1 fully saturated rings. The lowest BCUT2D eigenvalue weighted by atomic mass is 10.0. The smallest absolute Gasteiger partial charge is 0.244 e. The Labute approximate surface area is 119 Å². The Morgan fingerprint density at radius 3 is 2.58 bits per heavy atom. The third-order valence-electron chi connectivity index (χ3n) is 3.36. The average Bonchev–Trinajstić information content (AvgIpc) is 2.41. The van der Waals surface area contributed by atoms with E-state index in [1.54, 1.807) is 11.8 Å². The highest BCUT2D eigenvalue weighted by Gasteiger charge is 2.29. The zero-order chi connectivity index (χ0) is 13.8. The molecule has 0 saturated carbocycles. The molecule has 1 atom stereocenters. The normalized spacial score (nSPS) is 20.1. The largest absolute Gasteiger partial charge is 0.311 e. The number of piperidine rings is 1. The molecule has 1 saturated heterocycles. The fourth-order valence-corrected chi connectivity index (χ4v) is 2.86. The molecule has 4 heteroatoms. The van der Waals surface area contributed by atoms with Gasteiger partial charge in [-0.25, -0.2) is 0 Å². The first kappa shape index (κ1) is 14.4. The van der Waals surface area contributed by atoms with Crippen molar-refractivity contribution in [3.05, 3.63) is 24.3 Å². The van der Waals surface area contributed by atoms with Gasteiger partial charge in [-0.3, -0.25) is 4.79 Å². The van der Waals surface area contributed by atoms with Crippen LogP contribution in [0.25, 0.3) is 0 Å². The number of anilines is 1. The van der Waals surface area contributed by atoms with E-state index in [1.165, 1.54) is 4.90 Å². The molecule has 3 nitrogen and oxygen atoms in total. The number of thioether (sulfide) groups is 1. The van der Waals surface area contributed by atoms with Crippen LogP contribution in [0.15, 0.2) is 29.2 Å². The summed E-state index contributed by atoms with van der Waals surface area (Å²) >= 11 is 1.72. The molecule has 1 aromatic rings. The molecule has 1 aliphatic rings. The summed E-state index contributed by atoms with van der Waals surface area (Å²) in [7, 11) is 0. The summed E-state index contributed by atoms with van der Waals surface area (Å²) in [6.45, 7) is 4.99. The molecular weight excluding hydrogens is 256 g/mol. The standard InChI is InChI=1S/C15H22N2OS/c1-11(2)16-14-5-4-10-17(15(14)18)12-6-8-13(19-3)9-7-12/h6-9,11,14,16H,4-5,10H2,1-3H3. The number of carbonyl (C=O) groups is 1. The van der Waals surface area contributed by atoms with Gasteiger partial charge in [0.15, 0.2) is 0 Å². The van der Waals surface area contributed by atoms with Crippen molar-refractivity contribution in [3.8, 4) is 0 Å². The van der Waals surface area contributed by atoms with Crippen LogP contribution in [0.3, 0.4) is 0 Å². The molecule has 19 heavy (non-hydrogen) atoms. The van der Waals surface area contributed by atoms with Gasteiger partial charge in [-0.15, -0.1) is 11.8 Å². The summed E-state index contributed by atoms with van der Waals surface area (Å²) in [4.78, 5) is 15.6. The van der Waals surface area contributed by atoms with E-state index in [4.69, 9.17) is 0 Å². The molecule has 0 aromatic heterocycles. The molecule has 1 aliphatic heterocycles. The number of nitrogens with zero attached hydrogens (tertiary/aromatic N) is 1. The number of carbonyl (C=O) groups excluding carboxylic acids is 1. The molecular formula is C15H22N2OS. The van der Waals surface area contributed by atoms with E-state index in [2.05, 4.69) is 37.6 Å². The van der Waals surface area contributed by atoms with Gasteiger partial charge in [-0.1, -0.05) is 13.8 Å². The van der Waals surface area contributed by atoms with Crippen molar-refractivity contribution in [2.75, 3.05) is 17.7 Å². The Kier molecular flexibility index (Phi) is 4.88. The Balaban J connectivity index is 2.12. The van der Waals surface area contributed by atoms with Crippen molar-refractivity contribution in [3.63, 3.8) is 0 Å². The first-order valence-corrected chi connectivity index (χ1v) is 8.06. The first-order chi connectivity index (χ1) is 9.11. The lowest BCUT2D eigenvalue weighted by Crippen LogP contribution is -2.52. The second-order valence-corrected chi connectivity index (χ2v) is 6.08. The topological polar surface area (TPSA) is 32.3 Å². The minimum absolute atomic E-state index is 0.0334. The summed E-state index contributed by atoms with van der Waals surface area (Å²) in [5, 5.41) is 3.36. The second kappa shape index (κ2) is 6.44. The second-order valence-electron chi connectivity index (χ2n) is 5.20. The van der Waals surface area contributed by atoms with Crippen molar-refractivity contribution in [1.29, 1.82) is 0 Å². The van der Waals surface area contributed by atoms with E-state index < -0.39 is 0 Å². The predicted octanol–water partition coefficient (Wildman–Crippen LogP) is 2.90. The minimum atomic E-state index is -0.0334. The first-order valence-electron chi connectivity index (χ1n) is 6.83. The van der Waals surface area contributed by atoms with Crippen LogP contribution in [0.1, 0.15) is 26.7 Å². The summed E-state index contributed by atoms with van der Waals surface area (Å²) in [6.07, 6.45) is 4.06. The van der Waals surface area contributed by atoms with E-state index in [0.717, 1.165) is 25.1 Å². The third-order valence-corrected chi connectivity index (χ3v) is 4.10. The molecule has 1 unspecified atom stereocenters. The van der Waals surface area contributed by atoms with Gasteiger partial charge in [0.2, 0.25) is 5.91 Å². The molecule has 104 valence electrons. The van der Waals surface area contributed by atoms with Crippen LogP contribution in [0.5, 0.6) is 0 Å². The monoisotopic (exact) mass is 278 g/mol. The van der Waals surface area contributed by atoms with Gasteiger partial charge in [0.05, 0.1) is 6.04 Å². The Hall–Kier alpha value is -1.00. The molecule has 0 aliphatic carbocycles. The molecule has 0 bridgehead atoms. The van der Waals surface area contributed by atoms with Gasteiger partial charge in [0.1, 0.15) is 0 Å². The minimum Gasteiger partial charge on any atom is -0.311 e. The van der Waals surface area contributed by atoms with Crippen LogP contribution in [0.4, 0.5) is 5.69 Å². The van der Waals surface area contributed by atoms with Gasteiger partial charge >= 0.3 is 0 Å². The molecule has 0 spiro atoms. The van der Waals surface area contributed by atoms with Gasteiger partial charge < -0.3 is 10.2 Å². The van der Waals surface area contributed by atoms with Crippen LogP contribution in [-0.4, -0.2) is 30.8 Å². The van der Waals surface area contributed by atoms with Crippen molar-refractivity contribution in [1.82, 2.24) is 5.32 Å². The summed E-state index contributed by atoms with van der Waals surface area (Å²) < 4.78 is 0. The molecule has 0 radical (unpaired) electrons. The number of amides is 1. The van der Waals surface area contributed by atoms with Gasteiger partial charge in [-0.05, 0) is 43.4 Å². The fraction of sp³-hybridized carbons (Fsp3) is 0.533. The lowest BCUT2D eigenvalue weighted by Gasteiger charge is -2.33. The Bertz CT molecular complexity index is 430. The summed E-state index contributed by atoms with van der Waals surface area (Å²) in [5.74, 6) is 0.205. The molecule has 2 rings (SSSR count). The Morgan fingerprint density at radius 1 is 1.32 bits per heavy atom. The van der Waals surface area contributed by atoms with Crippen LogP contribution >= 0.6 is 11.8 Å². The molecule has 1 N–H and O–H groups in total. The zero-order valence-corrected chi connectivity index (χ0v) is 12.7. The number of benzene rings is 1. The highest BCUT2D eigenvalue weighted by atomic mass is 32.2. The molecule has 1 amide bonds. The maximum Gasteiger partial charge on any atom is 0.244 e. The highest BCUT2D eigenvalue weighted by molar-refractivity contribution is 7.98. The molecule has 1 heterocycles. The summed E-state index contributed by atoms with van der Waals surface area (Å²) in [6, 6.07) is 8.55. The fourth-order valence-electron chi connectivity index (χ4n) is 2.45. The number of nitrogens with one attached hydrogen (secondary N) is 1. The third kappa shape index (κ3) is 3.51. The van der Waals surface area contributed by atoms with Crippen LogP contribution < -0.4 is 10.2 Å². The maximum absolute atomic E-state index is 12.5. The zero-order valence-electron chi connectivity index (χ0n) is 11.8. The average molecular weight is 278 g/mol. The van der Waals surface area contributed by atoms with E-state index in [9.17, 15) is 4.79 Å². The van der Waals surface area contributed by atoms with E-state index in [1.807, 2.05) is 17.0 Å². The van der Waals surface area contributed by atoms with Crippen molar-refractivity contribution >= 4 is 23.4 Å². The van der Waals surface area contributed by atoms with Crippen molar-refractivity contribution in [2.24, 2.45) is 0 Å². The Morgan fingerprint density at radius 2 is 2.00 bits per heavy atom. The maximum atomic E-state index is 12.5. The lowest BCUT2D eigenvalue weighted by molar-refractivity contribution is -0.121. The number of hydrogen-bond acceptors (Lipinski definition) is 3. The number of rotatable bonds is 4. The van der Waals surface area contributed by atoms with Crippen molar-refractivity contribution < 1.29 is 4.79 Å². The van der Waals surface area contributed by atoms with Crippen LogP contribution in [0, 0.1) is 0 Å². The van der Waals surface area contributed by atoms with Crippen molar-refractivity contribution in [2.45, 2.75) is 43.7 Å². The highest BCUT2D eigenvalue weighted by Crippen LogP contribution is 2.24.